The maximum absolute atomic E-state index is 12.9. The van der Waals surface area contributed by atoms with Gasteiger partial charge >= 0.3 is 0 Å². The van der Waals surface area contributed by atoms with Crippen LogP contribution in [0, 0.1) is 12.8 Å². The number of aryl methyl sites for hydroxylation is 1. The molecular formula is C21H22ClN3O2S. The first-order valence-electron chi connectivity index (χ1n) is 9.37. The number of sulfone groups is 1. The van der Waals surface area contributed by atoms with Gasteiger partial charge in [-0.1, -0.05) is 23.7 Å². The summed E-state index contributed by atoms with van der Waals surface area (Å²) in [5.74, 6) is 1.07. The second-order valence-corrected chi connectivity index (χ2v) is 9.88. The van der Waals surface area contributed by atoms with Crippen molar-refractivity contribution in [1.29, 1.82) is 0 Å². The van der Waals surface area contributed by atoms with Gasteiger partial charge in [-0.25, -0.2) is 18.4 Å². The van der Waals surface area contributed by atoms with Gasteiger partial charge in [0.1, 0.15) is 12.1 Å². The second-order valence-electron chi connectivity index (χ2n) is 7.41. The van der Waals surface area contributed by atoms with Crippen LogP contribution in [0.2, 0.25) is 5.02 Å². The summed E-state index contributed by atoms with van der Waals surface area (Å²) in [6.45, 7) is 3.43. The molecule has 0 amide bonds. The summed E-state index contributed by atoms with van der Waals surface area (Å²) < 4.78 is 25.8. The van der Waals surface area contributed by atoms with Gasteiger partial charge in [0.05, 0.1) is 16.2 Å². The highest BCUT2D eigenvalue weighted by Gasteiger charge is 2.27. The quantitative estimate of drug-likeness (QED) is 0.636. The lowest BCUT2D eigenvalue weighted by Crippen LogP contribution is -2.38. The molecule has 0 spiro atoms. The van der Waals surface area contributed by atoms with E-state index in [0.717, 1.165) is 41.7 Å². The van der Waals surface area contributed by atoms with Gasteiger partial charge in [0, 0.05) is 23.5 Å². The normalized spacial score (nSPS) is 17.8. The van der Waals surface area contributed by atoms with Gasteiger partial charge in [-0.3, -0.25) is 0 Å². The van der Waals surface area contributed by atoms with Crippen molar-refractivity contribution < 1.29 is 8.42 Å². The molecule has 0 N–H and O–H groups in total. The van der Waals surface area contributed by atoms with Crippen LogP contribution in [0.15, 0.2) is 53.7 Å². The highest BCUT2D eigenvalue weighted by Crippen LogP contribution is 2.30. The zero-order chi connectivity index (χ0) is 19.7. The van der Waals surface area contributed by atoms with Crippen LogP contribution in [0.25, 0.3) is 10.9 Å². The van der Waals surface area contributed by atoms with Crippen molar-refractivity contribution >= 4 is 38.2 Å². The van der Waals surface area contributed by atoms with Crippen LogP contribution in [-0.2, 0) is 9.84 Å². The minimum atomic E-state index is -3.31. The van der Waals surface area contributed by atoms with E-state index >= 15 is 0 Å². The fourth-order valence-electron chi connectivity index (χ4n) is 3.88. The average molecular weight is 416 g/mol. The Hall–Kier alpha value is -2.18. The Labute approximate surface area is 170 Å². The predicted octanol–water partition coefficient (Wildman–Crippen LogP) is 4.28. The Balaban J connectivity index is 1.57. The molecule has 0 bridgehead atoms. The number of rotatable bonds is 4. The molecule has 1 aliphatic rings. The van der Waals surface area contributed by atoms with Crippen LogP contribution in [0.3, 0.4) is 0 Å². The zero-order valence-corrected chi connectivity index (χ0v) is 17.2. The van der Waals surface area contributed by atoms with Gasteiger partial charge in [0.15, 0.2) is 9.84 Å². The number of halogens is 1. The van der Waals surface area contributed by atoms with E-state index in [-0.39, 0.29) is 11.7 Å². The molecule has 1 aromatic heterocycles. The molecule has 2 heterocycles. The Morgan fingerprint density at radius 3 is 2.86 bits per heavy atom. The van der Waals surface area contributed by atoms with E-state index in [0.29, 0.717) is 16.5 Å². The standard InChI is InChI=1S/C21H22ClN3O2S/c1-15-4-2-6-18(10-15)28(26,27)13-16-5-3-9-25(12-16)21-19-8-7-17(22)11-20(19)23-14-24-21/h2,4,6-8,10-11,14,16H,3,5,9,12-13H2,1H3. The summed E-state index contributed by atoms with van der Waals surface area (Å²) in [7, 11) is -3.31. The van der Waals surface area contributed by atoms with E-state index in [2.05, 4.69) is 14.9 Å². The molecule has 28 heavy (non-hydrogen) atoms. The van der Waals surface area contributed by atoms with Crippen LogP contribution < -0.4 is 4.90 Å². The number of fused-ring (bicyclic) bond motifs is 1. The zero-order valence-electron chi connectivity index (χ0n) is 15.7. The highest BCUT2D eigenvalue weighted by molar-refractivity contribution is 7.91. The number of hydrogen-bond acceptors (Lipinski definition) is 5. The van der Waals surface area contributed by atoms with Crippen LogP contribution in [0.1, 0.15) is 18.4 Å². The van der Waals surface area contributed by atoms with Gasteiger partial charge in [-0.2, -0.15) is 0 Å². The number of piperidine rings is 1. The fourth-order valence-corrected chi connectivity index (χ4v) is 5.78. The summed E-state index contributed by atoms with van der Waals surface area (Å²) in [4.78, 5) is 11.4. The van der Waals surface area contributed by atoms with Crippen molar-refractivity contribution in [3.8, 4) is 0 Å². The van der Waals surface area contributed by atoms with Gasteiger partial charge in [0.25, 0.3) is 0 Å². The third-order valence-corrected chi connectivity index (χ3v) is 7.32. The predicted molar refractivity (Wildman–Crippen MR) is 113 cm³/mol. The van der Waals surface area contributed by atoms with Crippen molar-refractivity contribution in [1.82, 2.24) is 9.97 Å². The smallest absolute Gasteiger partial charge is 0.178 e. The average Bonchev–Trinajstić information content (AvgIpc) is 2.67. The first-order valence-corrected chi connectivity index (χ1v) is 11.4. The maximum Gasteiger partial charge on any atom is 0.178 e. The molecule has 1 atom stereocenters. The maximum atomic E-state index is 12.9. The number of hydrogen-bond donors (Lipinski definition) is 0. The van der Waals surface area contributed by atoms with E-state index in [9.17, 15) is 8.42 Å². The summed E-state index contributed by atoms with van der Waals surface area (Å²) in [5.41, 5.74) is 1.75. The number of aromatic nitrogens is 2. The SMILES string of the molecule is Cc1cccc(S(=O)(=O)CC2CCCN(c3ncnc4cc(Cl)ccc34)C2)c1. The van der Waals surface area contributed by atoms with Crippen LogP contribution in [0.5, 0.6) is 0 Å². The molecule has 1 unspecified atom stereocenters. The van der Waals surface area contributed by atoms with Crippen LogP contribution >= 0.6 is 11.6 Å². The Morgan fingerprint density at radius 1 is 1.18 bits per heavy atom. The molecule has 0 aliphatic carbocycles. The minimum absolute atomic E-state index is 0.0663. The van der Waals surface area contributed by atoms with E-state index in [1.165, 1.54) is 0 Å². The Kier molecular flexibility index (Phi) is 5.25. The summed E-state index contributed by atoms with van der Waals surface area (Å²) in [6, 6.07) is 12.7. The van der Waals surface area contributed by atoms with Gasteiger partial charge in [-0.05, 0) is 61.6 Å². The number of anilines is 1. The molecule has 5 nitrogen and oxygen atoms in total. The molecule has 1 fully saturated rings. The third kappa shape index (κ3) is 3.98. The van der Waals surface area contributed by atoms with Gasteiger partial charge in [-0.15, -0.1) is 0 Å². The Morgan fingerprint density at radius 2 is 2.04 bits per heavy atom. The lowest BCUT2D eigenvalue weighted by Gasteiger charge is -2.34. The molecule has 3 aromatic rings. The molecular weight excluding hydrogens is 394 g/mol. The summed E-state index contributed by atoms with van der Waals surface area (Å²) >= 11 is 6.08. The molecule has 7 heteroatoms. The molecule has 0 saturated carbocycles. The monoisotopic (exact) mass is 415 g/mol. The summed E-state index contributed by atoms with van der Waals surface area (Å²) in [6.07, 6.45) is 3.38. The number of nitrogens with zero attached hydrogens (tertiary/aromatic N) is 3. The summed E-state index contributed by atoms with van der Waals surface area (Å²) in [5, 5.41) is 1.58. The van der Waals surface area contributed by atoms with Crippen LogP contribution in [0.4, 0.5) is 5.82 Å². The van der Waals surface area contributed by atoms with Crippen molar-refractivity contribution in [2.24, 2.45) is 5.92 Å². The van der Waals surface area contributed by atoms with Crippen molar-refractivity contribution in [2.75, 3.05) is 23.7 Å². The highest BCUT2D eigenvalue weighted by atomic mass is 35.5. The van der Waals surface area contributed by atoms with Crippen molar-refractivity contribution in [3.05, 3.63) is 59.4 Å². The Bertz CT molecular complexity index is 1120. The minimum Gasteiger partial charge on any atom is -0.356 e. The molecule has 1 saturated heterocycles. The molecule has 146 valence electrons. The lowest BCUT2D eigenvalue weighted by molar-refractivity contribution is 0.442. The molecule has 1 aliphatic heterocycles. The molecule has 0 radical (unpaired) electrons. The van der Waals surface area contributed by atoms with Crippen molar-refractivity contribution in [3.63, 3.8) is 0 Å². The van der Waals surface area contributed by atoms with E-state index < -0.39 is 9.84 Å². The topological polar surface area (TPSA) is 63.2 Å². The number of benzene rings is 2. The molecule has 4 rings (SSSR count). The third-order valence-electron chi connectivity index (χ3n) is 5.20. The first kappa shape index (κ1) is 19.2. The molecule has 2 aromatic carbocycles. The first-order chi connectivity index (χ1) is 13.4. The van der Waals surface area contributed by atoms with E-state index in [1.807, 2.05) is 31.2 Å². The second kappa shape index (κ2) is 7.68. The van der Waals surface area contributed by atoms with Gasteiger partial charge in [0.2, 0.25) is 0 Å². The van der Waals surface area contributed by atoms with E-state index in [4.69, 9.17) is 11.6 Å². The van der Waals surface area contributed by atoms with Crippen molar-refractivity contribution in [2.45, 2.75) is 24.7 Å². The van der Waals surface area contributed by atoms with Crippen LogP contribution in [-0.4, -0.2) is 37.2 Å². The largest absolute Gasteiger partial charge is 0.356 e. The lowest BCUT2D eigenvalue weighted by atomic mass is 10.00. The van der Waals surface area contributed by atoms with E-state index in [1.54, 1.807) is 24.5 Å². The fraction of sp³-hybridized carbons (Fsp3) is 0.333. The van der Waals surface area contributed by atoms with Gasteiger partial charge < -0.3 is 4.90 Å².